The van der Waals surface area contributed by atoms with Crippen molar-refractivity contribution in [3.63, 3.8) is 0 Å². The third kappa shape index (κ3) is 2.71. The first kappa shape index (κ1) is 11.8. The number of aromatic nitrogens is 2. The third-order valence-electron chi connectivity index (χ3n) is 3.12. The summed E-state index contributed by atoms with van der Waals surface area (Å²) in [5.74, 6) is 0.188. The Bertz CT molecular complexity index is 385. The summed E-state index contributed by atoms with van der Waals surface area (Å²) >= 11 is 0. The van der Waals surface area contributed by atoms with Gasteiger partial charge in [0.25, 0.3) is 0 Å². The summed E-state index contributed by atoms with van der Waals surface area (Å²) in [6.07, 6.45) is 4.78. The number of hydrogen-bond donors (Lipinski definition) is 2. The van der Waals surface area contributed by atoms with Crippen molar-refractivity contribution in [3.05, 3.63) is 18.0 Å². The Morgan fingerprint density at radius 2 is 2.00 bits per heavy atom. The predicted octanol–water partition coefficient (Wildman–Crippen LogP) is 0.350. The second-order valence-electron chi connectivity index (χ2n) is 4.24. The van der Waals surface area contributed by atoms with Crippen LogP contribution in [0.25, 0.3) is 0 Å². The van der Waals surface area contributed by atoms with Crippen LogP contribution in [0.1, 0.15) is 23.2 Å². The molecule has 0 radical (unpaired) electrons. The molecule has 1 aliphatic heterocycles. The van der Waals surface area contributed by atoms with Gasteiger partial charge in [-0.05, 0) is 25.3 Å². The second kappa shape index (κ2) is 5.09. The molecule has 0 amide bonds. The van der Waals surface area contributed by atoms with Gasteiger partial charge in [0.15, 0.2) is 0 Å². The third-order valence-corrected chi connectivity index (χ3v) is 3.12. The van der Waals surface area contributed by atoms with Crippen molar-refractivity contribution in [1.29, 1.82) is 0 Å². The highest BCUT2D eigenvalue weighted by molar-refractivity contribution is 5.86. The Morgan fingerprint density at radius 1 is 1.41 bits per heavy atom. The molecule has 17 heavy (non-hydrogen) atoms. The Kier molecular flexibility index (Phi) is 3.53. The Morgan fingerprint density at radius 3 is 2.47 bits per heavy atom. The first-order chi connectivity index (χ1) is 8.20. The van der Waals surface area contributed by atoms with E-state index in [2.05, 4.69) is 14.9 Å². The first-order valence-electron chi connectivity index (χ1n) is 5.71. The quantitative estimate of drug-likeness (QED) is 0.786. The summed E-state index contributed by atoms with van der Waals surface area (Å²) in [5.41, 5.74) is 5.74. The highest BCUT2D eigenvalue weighted by Gasteiger charge is 2.19. The van der Waals surface area contributed by atoms with Gasteiger partial charge in [-0.25, -0.2) is 14.8 Å². The van der Waals surface area contributed by atoms with Crippen molar-refractivity contribution in [1.82, 2.24) is 9.97 Å². The maximum Gasteiger partial charge on any atom is 0.338 e. The monoisotopic (exact) mass is 236 g/mol. The fraction of sp³-hybridized carbons (Fsp3) is 0.545. The highest BCUT2D eigenvalue weighted by Crippen LogP contribution is 2.19. The van der Waals surface area contributed by atoms with E-state index in [1.807, 2.05) is 0 Å². The lowest BCUT2D eigenvalue weighted by Gasteiger charge is -2.31. The molecule has 3 N–H and O–H groups in total. The van der Waals surface area contributed by atoms with E-state index in [0.29, 0.717) is 11.9 Å². The number of carbonyl (C=O) groups is 1. The lowest BCUT2D eigenvalue weighted by Crippen LogP contribution is -2.37. The molecular formula is C11H16N4O2. The number of carboxylic acid groups (broad SMARTS) is 1. The molecule has 0 aliphatic carbocycles. The summed E-state index contributed by atoms with van der Waals surface area (Å²) < 4.78 is 0. The minimum atomic E-state index is -1.00. The summed E-state index contributed by atoms with van der Waals surface area (Å²) in [7, 11) is 0. The molecule has 2 heterocycles. The molecule has 1 fully saturated rings. The van der Waals surface area contributed by atoms with Gasteiger partial charge in [-0.3, -0.25) is 0 Å². The zero-order valence-electron chi connectivity index (χ0n) is 9.54. The summed E-state index contributed by atoms with van der Waals surface area (Å²) in [4.78, 5) is 20.9. The molecular weight excluding hydrogens is 220 g/mol. The fourth-order valence-electron chi connectivity index (χ4n) is 1.96. The molecule has 0 atom stereocenters. The van der Waals surface area contributed by atoms with Gasteiger partial charge in [0, 0.05) is 25.5 Å². The smallest absolute Gasteiger partial charge is 0.338 e. The van der Waals surface area contributed by atoms with Gasteiger partial charge in [-0.2, -0.15) is 0 Å². The van der Waals surface area contributed by atoms with Crippen LogP contribution < -0.4 is 10.6 Å². The van der Waals surface area contributed by atoms with E-state index < -0.39 is 5.97 Å². The zero-order chi connectivity index (χ0) is 12.3. The molecule has 2 rings (SSSR count). The lowest BCUT2D eigenvalue weighted by atomic mass is 9.97. The minimum absolute atomic E-state index is 0.116. The van der Waals surface area contributed by atoms with Crippen LogP contribution in [-0.2, 0) is 0 Å². The summed E-state index contributed by atoms with van der Waals surface area (Å²) in [6, 6.07) is 0. The molecule has 1 saturated heterocycles. The molecule has 0 bridgehead atoms. The lowest BCUT2D eigenvalue weighted by molar-refractivity contribution is 0.0696. The van der Waals surface area contributed by atoms with Crippen LogP contribution in [0.4, 0.5) is 5.95 Å². The van der Waals surface area contributed by atoms with E-state index in [1.54, 1.807) is 0 Å². The number of aromatic carboxylic acids is 1. The number of carboxylic acids is 1. The SMILES string of the molecule is NCC1CCN(c2ncc(C(=O)O)cn2)CC1. The minimum Gasteiger partial charge on any atom is -0.478 e. The van der Waals surface area contributed by atoms with Gasteiger partial charge in [0.05, 0.1) is 5.56 Å². The van der Waals surface area contributed by atoms with Gasteiger partial charge >= 0.3 is 5.97 Å². The van der Waals surface area contributed by atoms with Gasteiger partial charge < -0.3 is 15.7 Å². The van der Waals surface area contributed by atoms with E-state index in [1.165, 1.54) is 12.4 Å². The van der Waals surface area contributed by atoms with Crippen LogP contribution in [0.2, 0.25) is 0 Å². The highest BCUT2D eigenvalue weighted by atomic mass is 16.4. The molecule has 6 heteroatoms. The number of anilines is 1. The maximum absolute atomic E-state index is 10.7. The summed E-state index contributed by atoms with van der Waals surface area (Å²) in [6.45, 7) is 2.50. The fourth-order valence-corrected chi connectivity index (χ4v) is 1.96. The van der Waals surface area contributed by atoms with Crippen molar-refractivity contribution in [3.8, 4) is 0 Å². The van der Waals surface area contributed by atoms with Gasteiger partial charge in [-0.15, -0.1) is 0 Å². The standard InChI is InChI=1S/C11H16N4O2/c12-5-8-1-3-15(4-2-8)11-13-6-9(7-14-11)10(16)17/h6-8H,1-5,12H2,(H,16,17). The van der Waals surface area contributed by atoms with Crippen LogP contribution in [0, 0.1) is 5.92 Å². The van der Waals surface area contributed by atoms with Gasteiger partial charge in [0.1, 0.15) is 0 Å². The van der Waals surface area contributed by atoms with E-state index in [9.17, 15) is 4.79 Å². The Balaban J connectivity index is 2.01. The van der Waals surface area contributed by atoms with Crippen molar-refractivity contribution in [2.24, 2.45) is 11.7 Å². The molecule has 92 valence electrons. The van der Waals surface area contributed by atoms with Gasteiger partial charge in [0.2, 0.25) is 5.95 Å². The average Bonchev–Trinajstić information content (AvgIpc) is 2.39. The molecule has 0 saturated carbocycles. The Labute approximate surface area is 99.5 Å². The van der Waals surface area contributed by atoms with Crippen molar-refractivity contribution >= 4 is 11.9 Å². The predicted molar refractivity (Wildman–Crippen MR) is 63.0 cm³/mol. The van der Waals surface area contributed by atoms with Crippen molar-refractivity contribution in [2.45, 2.75) is 12.8 Å². The topological polar surface area (TPSA) is 92.3 Å². The van der Waals surface area contributed by atoms with E-state index >= 15 is 0 Å². The molecule has 1 aromatic heterocycles. The first-order valence-corrected chi connectivity index (χ1v) is 5.71. The van der Waals surface area contributed by atoms with Crippen LogP contribution in [0.15, 0.2) is 12.4 Å². The van der Waals surface area contributed by atoms with Crippen molar-refractivity contribution in [2.75, 3.05) is 24.5 Å². The van der Waals surface area contributed by atoms with Gasteiger partial charge in [-0.1, -0.05) is 0 Å². The Hall–Kier alpha value is -1.69. The average molecular weight is 236 g/mol. The number of rotatable bonds is 3. The van der Waals surface area contributed by atoms with Crippen LogP contribution in [-0.4, -0.2) is 40.7 Å². The molecule has 1 aliphatic rings. The van der Waals surface area contributed by atoms with E-state index in [-0.39, 0.29) is 5.56 Å². The number of hydrogen-bond acceptors (Lipinski definition) is 5. The molecule has 6 nitrogen and oxygen atoms in total. The van der Waals surface area contributed by atoms with Crippen molar-refractivity contribution < 1.29 is 9.90 Å². The number of piperidine rings is 1. The zero-order valence-corrected chi connectivity index (χ0v) is 9.54. The maximum atomic E-state index is 10.7. The molecule has 0 unspecified atom stereocenters. The largest absolute Gasteiger partial charge is 0.478 e. The van der Waals surface area contributed by atoms with E-state index in [0.717, 1.165) is 32.5 Å². The summed E-state index contributed by atoms with van der Waals surface area (Å²) in [5, 5.41) is 8.75. The second-order valence-corrected chi connectivity index (χ2v) is 4.24. The normalized spacial score (nSPS) is 17.1. The molecule has 0 spiro atoms. The number of nitrogens with two attached hydrogens (primary N) is 1. The number of nitrogens with zero attached hydrogens (tertiary/aromatic N) is 3. The van der Waals surface area contributed by atoms with E-state index in [4.69, 9.17) is 10.8 Å². The van der Waals surface area contributed by atoms with Crippen LogP contribution in [0.5, 0.6) is 0 Å². The van der Waals surface area contributed by atoms with Crippen LogP contribution >= 0.6 is 0 Å². The molecule has 1 aromatic rings. The molecule has 0 aromatic carbocycles. The van der Waals surface area contributed by atoms with Crippen LogP contribution in [0.3, 0.4) is 0 Å².